The van der Waals surface area contributed by atoms with Crippen LogP contribution in [0.15, 0.2) is 0 Å². The second-order valence-electron chi connectivity index (χ2n) is 4.92. The summed E-state index contributed by atoms with van der Waals surface area (Å²) in [5.41, 5.74) is 0.433. The average molecular weight is 256 g/mol. The molecule has 2 N–H and O–H groups in total. The van der Waals surface area contributed by atoms with Gasteiger partial charge in [0.25, 0.3) is 0 Å². The molecule has 0 spiro atoms. The maximum Gasteiger partial charge on any atom is 0.0959 e. The van der Waals surface area contributed by atoms with Gasteiger partial charge in [-0.1, -0.05) is 6.92 Å². The molecule has 1 rings (SSSR count). The van der Waals surface area contributed by atoms with Gasteiger partial charge in [-0.2, -0.15) is 0 Å². The Morgan fingerprint density at radius 2 is 2.06 bits per heavy atom. The maximum atomic E-state index is 10.3. The Morgan fingerprint density at radius 3 is 2.59 bits per heavy atom. The number of rotatable bonds is 7. The topological polar surface area (TPSA) is 45.1 Å². The molecule has 0 aliphatic heterocycles. The summed E-state index contributed by atoms with van der Waals surface area (Å²) in [7, 11) is 0. The first-order valence-corrected chi connectivity index (χ1v) is 7.12. The fourth-order valence-corrected chi connectivity index (χ4v) is 2.80. The van der Waals surface area contributed by atoms with E-state index in [4.69, 9.17) is 0 Å². The third-order valence-electron chi connectivity index (χ3n) is 2.87. The second-order valence-corrected chi connectivity index (χ2v) is 6.21. The van der Waals surface area contributed by atoms with Gasteiger partial charge in [0.1, 0.15) is 0 Å². The van der Waals surface area contributed by atoms with Crippen molar-refractivity contribution in [3.63, 3.8) is 0 Å². The van der Waals surface area contributed by atoms with Crippen molar-refractivity contribution in [2.24, 2.45) is 0 Å². The van der Waals surface area contributed by atoms with Gasteiger partial charge in [0, 0.05) is 11.3 Å². The fraction of sp³-hybridized carbons (Fsp3) is 0.769. The molecule has 0 radical (unpaired) electrons. The maximum absolute atomic E-state index is 10.3. The van der Waals surface area contributed by atoms with Crippen molar-refractivity contribution in [1.29, 1.82) is 0 Å². The van der Waals surface area contributed by atoms with Crippen LogP contribution < -0.4 is 5.32 Å². The molecule has 0 bridgehead atoms. The van der Waals surface area contributed by atoms with Crippen molar-refractivity contribution in [1.82, 2.24) is 10.3 Å². The second kappa shape index (κ2) is 6.47. The van der Waals surface area contributed by atoms with E-state index in [1.54, 1.807) is 11.3 Å². The summed E-state index contributed by atoms with van der Waals surface area (Å²) >= 11 is 1.69. The Bertz CT molecular complexity index is 328. The number of aliphatic hydroxyl groups is 1. The normalized spacial score (nSPS) is 14.9. The molecule has 4 heteroatoms. The summed E-state index contributed by atoms with van der Waals surface area (Å²) in [6.07, 6.45) is 2.55. The van der Waals surface area contributed by atoms with E-state index in [1.807, 2.05) is 13.8 Å². The zero-order valence-electron chi connectivity index (χ0n) is 11.3. The largest absolute Gasteiger partial charge is 0.390 e. The fourth-order valence-electron chi connectivity index (χ4n) is 1.69. The van der Waals surface area contributed by atoms with E-state index < -0.39 is 5.60 Å². The summed E-state index contributed by atoms with van der Waals surface area (Å²) in [6.45, 7) is 10.0. The van der Waals surface area contributed by atoms with Gasteiger partial charge in [0.05, 0.1) is 16.3 Å². The molecule has 0 saturated heterocycles. The quantitative estimate of drug-likeness (QED) is 0.737. The SMILES string of the molecule is CCCNCCC(C)(O)Cc1nc(C)c(C)s1. The number of hydrogen-bond donors (Lipinski definition) is 2. The number of aromatic nitrogens is 1. The number of aryl methyl sites for hydroxylation is 2. The molecule has 0 aliphatic carbocycles. The lowest BCUT2D eigenvalue weighted by molar-refractivity contribution is 0.0515. The highest BCUT2D eigenvalue weighted by Gasteiger charge is 2.22. The van der Waals surface area contributed by atoms with E-state index in [2.05, 4.69) is 24.1 Å². The molecule has 1 heterocycles. The molecule has 17 heavy (non-hydrogen) atoms. The van der Waals surface area contributed by atoms with Crippen molar-refractivity contribution in [2.75, 3.05) is 13.1 Å². The predicted octanol–water partition coefficient (Wildman–Crippen LogP) is 2.44. The lowest BCUT2D eigenvalue weighted by Crippen LogP contribution is -2.32. The Labute approximate surface area is 108 Å². The molecule has 0 fully saturated rings. The Morgan fingerprint density at radius 1 is 1.35 bits per heavy atom. The minimum absolute atomic E-state index is 0.653. The van der Waals surface area contributed by atoms with Gasteiger partial charge in [0.15, 0.2) is 0 Å². The zero-order valence-corrected chi connectivity index (χ0v) is 12.2. The molecule has 1 aromatic rings. The molecule has 1 unspecified atom stereocenters. The lowest BCUT2D eigenvalue weighted by atomic mass is 9.98. The van der Waals surface area contributed by atoms with Crippen LogP contribution in [0.4, 0.5) is 0 Å². The third-order valence-corrected chi connectivity index (χ3v) is 3.94. The van der Waals surface area contributed by atoms with Crippen LogP contribution in [0.5, 0.6) is 0 Å². The van der Waals surface area contributed by atoms with E-state index in [0.717, 1.165) is 36.6 Å². The van der Waals surface area contributed by atoms with Gasteiger partial charge in [-0.25, -0.2) is 4.98 Å². The lowest BCUT2D eigenvalue weighted by Gasteiger charge is -2.22. The summed E-state index contributed by atoms with van der Waals surface area (Å²) in [4.78, 5) is 5.73. The van der Waals surface area contributed by atoms with E-state index in [-0.39, 0.29) is 0 Å². The van der Waals surface area contributed by atoms with Crippen LogP contribution in [0.2, 0.25) is 0 Å². The Kier molecular flexibility index (Phi) is 5.56. The average Bonchev–Trinajstić information content (AvgIpc) is 2.52. The highest BCUT2D eigenvalue weighted by Crippen LogP contribution is 2.22. The summed E-state index contributed by atoms with van der Waals surface area (Å²) in [5.74, 6) is 0. The molecule has 0 amide bonds. The van der Waals surface area contributed by atoms with Gasteiger partial charge in [-0.3, -0.25) is 0 Å². The van der Waals surface area contributed by atoms with Crippen molar-refractivity contribution in [3.8, 4) is 0 Å². The number of hydrogen-bond acceptors (Lipinski definition) is 4. The molecule has 0 aromatic carbocycles. The summed E-state index contributed by atoms with van der Waals surface area (Å²) < 4.78 is 0. The smallest absolute Gasteiger partial charge is 0.0959 e. The first-order valence-electron chi connectivity index (χ1n) is 6.30. The highest BCUT2D eigenvalue weighted by atomic mass is 32.1. The van der Waals surface area contributed by atoms with Crippen LogP contribution in [-0.4, -0.2) is 28.8 Å². The first-order chi connectivity index (χ1) is 7.94. The number of nitrogens with one attached hydrogen (secondary N) is 1. The van der Waals surface area contributed by atoms with Crippen LogP contribution in [0.1, 0.15) is 42.3 Å². The van der Waals surface area contributed by atoms with Crippen LogP contribution in [-0.2, 0) is 6.42 Å². The predicted molar refractivity (Wildman–Crippen MR) is 73.7 cm³/mol. The molecular weight excluding hydrogens is 232 g/mol. The Balaban J connectivity index is 2.42. The highest BCUT2D eigenvalue weighted by molar-refractivity contribution is 7.11. The van der Waals surface area contributed by atoms with E-state index >= 15 is 0 Å². The van der Waals surface area contributed by atoms with Gasteiger partial charge < -0.3 is 10.4 Å². The first kappa shape index (κ1) is 14.6. The Hall–Kier alpha value is -0.450. The van der Waals surface area contributed by atoms with Crippen LogP contribution in [0.3, 0.4) is 0 Å². The van der Waals surface area contributed by atoms with E-state index in [9.17, 15) is 5.11 Å². The van der Waals surface area contributed by atoms with Crippen LogP contribution in [0, 0.1) is 13.8 Å². The van der Waals surface area contributed by atoms with Crippen LogP contribution in [0.25, 0.3) is 0 Å². The van der Waals surface area contributed by atoms with Gasteiger partial charge in [0.2, 0.25) is 0 Å². The molecule has 1 aromatic heterocycles. The number of nitrogens with zero attached hydrogens (tertiary/aromatic N) is 1. The zero-order chi connectivity index (χ0) is 12.9. The standard InChI is InChI=1S/C13H24N2OS/c1-5-7-14-8-6-13(4,16)9-12-15-10(2)11(3)17-12/h14,16H,5-9H2,1-4H3. The van der Waals surface area contributed by atoms with E-state index in [1.165, 1.54) is 4.88 Å². The minimum atomic E-state index is -0.655. The summed E-state index contributed by atoms with van der Waals surface area (Å²) in [6, 6.07) is 0. The van der Waals surface area contributed by atoms with Crippen molar-refractivity contribution >= 4 is 11.3 Å². The van der Waals surface area contributed by atoms with Gasteiger partial charge in [-0.05, 0) is 46.7 Å². The van der Waals surface area contributed by atoms with Gasteiger partial charge >= 0.3 is 0 Å². The molecule has 3 nitrogen and oxygen atoms in total. The monoisotopic (exact) mass is 256 g/mol. The van der Waals surface area contributed by atoms with Crippen molar-refractivity contribution in [3.05, 3.63) is 15.6 Å². The number of thiazole rings is 1. The third kappa shape index (κ3) is 5.15. The van der Waals surface area contributed by atoms with Crippen molar-refractivity contribution < 1.29 is 5.11 Å². The van der Waals surface area contributed by atoms with E-state index in [0.29, 0.717) is 6.42 Å². The van der Waals surface area contributed by atoms with Gasteiger partial charge in [-0.15, -0.1) is 11.3 Å². The van der Waals surface area contributed by atoms with Crippen LogP contribution >= 0.6 is 11.3 Å². The molecule has 0 aliphatic rings. The van der Waals surface area contributed by atoms with Crippen molar-refractivity contribution in [2.45, 2.75) is 52.6 Å². The molecular formula is C13H24N2OS. The minimum Gasteiger partial charge on any atom is -0.390 e. The molecule has 1 atom stereocenters. The molecule has 0 saturated carbocycles. The summed E-state index contributed by atoms with van der Waals surface area (Å²) in [5, 5.41) is 14.7. The molecule has 98 valence electrons.